The maximum absolute atomic E-state index is 9.18. The lowest BCUT2D eigenvalue weighted by Gasteiger charge is -1.93. The minimum Gasteiger partial charge on any atom is -0.508 e. The van der Waals surface area contributed by atoms with Crippen molar-refractivity contribution < 1.29 is 5.11 Å². The number of nitrogens with zero attached hydrogens (tertiary/aromatic N) is 3. The van der Waals surface area contributed by atoms with Crippen molar-refractivity contribution in [1.82, 2.24) is 15.2 Å². The second-order valence-electron chi connectivity index (χ2n) is 3.80. The molecule has 0 atom stereocenters. The van der Waals surface area contributed by atoms with E-state index in [1.807, 2.05) is 12.1 Å². The Bertz CT molecular complexity index is 700. The molecule has 1 aromatic carbocycles. The van der Waals surface area contributed by atoms with Gasteiger partial charge in [-0.05, 0) is 42.0 Å². The zero-order valence-corrected chi connectivity index (χ0v) is 9.41. The van der Waals surface area contributed by atoms with Crippen molar-refractivity contribution in [2.75, 3.05) is 0 Å². The largest absolute Gasteiger partial charge is 0.508 e. The first-order valence-electron chi connectivity index (χ1n) is 5.45. The maximum Gasteiger partial charge on any atom is 0.183 e. The lowest BCUT2D eigenvalue weighted by atomic mass is 10.2. The third kappa shape index (κ3) is 1.93. The smallest absolute Gasteiger partial charge is 0.183 e. The Labute approximate surface area is 103 Å². The predicted molar refractivity (Wildman–Crippen MR) is 69.2 cm³/mol. The van der Waals surface area contributed by atoms with E-state index >= 15 is 0 Å². The molecule has 0 amide bonds. The summed E-state index contributed by atoms with van der Waals surface area (Å²) in [5.41, 5.74) is 1.61. The Morgan fingerprint density at radius 3 is 2.83 bits per heavy atom. The summed E-state index contributed by atoms with van der Waals surface area (Å²) in [6.07, 6.45) is 3.40. The highest BCUT2D eigenvalue weighted by atomic mass is 16.3. The zero-order chi connectivity index (χ0) is 12.4. The first kappa shape index (κ1) is 10.5. The molecule has 0 fully saturated rings. The third-order valence-electron chi connectivity index (χ3n) is 2.55. The summed E-state index contributed by atoms with van der Waals surface area (Å²) in [6.45, 7) is 0. The van der Waals surface area contributed by atoms with Crippen LogP contribution in [0.2, 0.25) is 0 Å². The fraction of sp³-hybridized carbons (Fsp3) is 0. The number of hydrogen-bond acceptors (Lipinski definition) is 4. The van der Waals surface area contributed by atoms with Crippen LogP contribution in [-0.4, -0.2) is 26.5 Å². The van der Waals surface area contributed by atoms with E-state index in [4.69, 9.17) is 0 Å². The van der Waals surface area contributed by atoms with E-state index in [0.717, 1.165) is 16.6 Å². The fourth-order valence-corrected chi connectivity index (χ4v) is 1.64. The third-order valence-corrected chi connectivity index (χ3v) is 2.55. The molecule has 0 aliphatic rings. The highest BCUT2D eigenvalue weighted by Gasteiger charge is 2.02. The van der Waals surface area contributed by atoms with Gasteiger partial charge in [0, 0.05) is 12.4 Å². The van der Waals surface area contributed by atoms with Gasteiger partial charge in [-0.3, -0.25) is 5.10 Å². The summed E-state index contributed by atoms with van der Waals surface area (Å²) >= 11 is 0. The molecule has 18 heavy (non-hydrogen) atoms. The molecular formula is C13H10N4O. The molecule has 0 aliphatic carbocycles. The van der Waals surface area contributed by atoms with Gasteiger partial charge in [0.15, 0.2) is 11.5 Å². The standard InChI is InChI=1S/C13H10N4O/c18-10-5-3-9(4-6-10)8-15-13-11-2-1-7-14-12(11)16-17-13/h1-8,18H,(H,14,16,17). The van der Waals surface area contributed by atoms with Gasteiger partial charge in [0.1, 0.15) is 5.75 Å². The topological polar surface area (TPSA) is 74.2 Å². The van der Waals surface area contributed by atoms with E-state index in [1.54, 1.807) is 36.7 Å². The van der Waals surface area contributed by atoms with Gasteiger partial charge in [0.05, 0.1) is 5.39 Å². The molecular weight excluding hydrogens is 228 g/mol. The quantitative estimate of drug-likeness (QED) is 0.673. The van der Waals surface area contributed by atoms with E-state index < -0.39 is 0 Å². The van der Waals surface area contributed by atoms with Gasteiger partial charge in [-0.25, -0.2) is 9.98 Å². The van der Waals surface area contributed by atoms with Crippen molar-refractivity contribution in [2.24, 2.45) is 4.99 Å². The number of benzene rings is 1. The molecule has 0 aliphatic heterocycles. The number of nitrogens with one attached hydrogen (secondary N) is 1. The Kier molecular flexibility index (Phi) is 2.49. The van der Waals surface area contributed by atoms with Gasteiger partial charge in [0.25, 0.3) is 0 Å². The van der Waals surface area contributed by atoms with Crippen LogP contribution in [0.15, 0.2) is 47.6 Å². The minimum atomic E-state index is 0.238. The lowest BCUT2D eigenvalue weighted by molar-refractivity contribution is 0.475. The van der Waals surface area contributed by atoms with Gasteiger partial charge >= 0.3 is 0 Å². The molecule has 3 aromatic rings. The maximum atomic E-state index is 9.18. The first-order valence-corrected chi connectivity index (χ1v) is 5.45. The summed E-state index contributed by atoms with van der Waals surface area (Å²) in [6, 6.07) is 10.6. The first-order chi connectivity index (χ1) is 8.83. The van der Waals surface area contributed by atoms with Crippen LogP contribution in [0.25, 0.3) is 11.0 Å². The number of fused-ring (bicyclic) bond motifs is 1. The van der Waals surface area contributed by atoms with E-state index in [2.05, 4.69) is 20.2 Å². The molecule has 0 saturated carbocycles. The van der Waals surface area contributed by atoms with Crippen LogP contribution in [0, 0.1) is 0 Å². The van der Waals surface area contributed by atoms with Crippen molar-refractivity contribution in [2.45, 2.75) is 0 Å². The highest BCUT2D eigenvalue weighted by molar-refractivity contribution is 5.90. The van der Waals surface area contributed by atoms with Crippen molar-refractivity contribution in [3.8, 4) is 5.75 Å². The van der Waals surface area contributed by atoms with Crippen LogP contribution >= 0.6 is 0 Å². The van der Waals surface area contributed by atoms with Crippen molar-refractivity contribution >= 4 is 23.1 Å². The average Bonchev–Trinajstić information content (AvgIpc) is 2.82. The van der Waals surface area contributed by atoms with Gasteiger partial charge in [0.2, 0.25) is 0 Å². The number of aromatic nitrogens is 3. The molecule has 5 heteroatoms. The van der Waals surface area contributed by atoms with E-state index in [-0.39, 0.29) is 5.75 Å². The molecule has 0 unspecified atom stereocenters. The molecule has 2 aromatic heterocycles. The van der Waals surface area contributed by atoms with Crippen molar-refractivity contribution in [3.05, 3.63) is 48.2 Å². The molecule has 0 bridgehead atoms. The average molecular weight is 238 g/mol. The number of phenolic OH excluding ortho intramolecular Hbond substituents is 1. The molecule has 2 N–H and O–H groups in total. The number of phenols is 1. The number of pyridine rings is 1. The van der Waals surface area contributed by atoms with Crippen LogP contribution in [-0.2, 0) is 0 Å². The van der Waals surface area contributed by atoms with Gasteiger partial charge in [-0.1, -0.05) is 0 Å². The van der Waals surface area contributed by atoms with E-state index in [1.165, 1.54) is 0 Å². The SMILES string of the molecule is Oc1ccc(C=Nc2n[nH]c3ncccc23)cc1. The number of hydrogen-bond donors (Lipinski definition) is 2. The number of aromatic amines is 1. The predicted octanol–water partition coefficient (Wildman–Crippen LogP) is 2.41. The molecule has 2 heterocycles. The summed E-state index contributed by atoms with van der Waals surface area (Å²) in [4.78, 5) is 8.45. The van der Waals surface area contributed by atoms with Gasteiger partial charge in [-0.15, -0.1) is 0 Å². The molecule has 3 rings (SSSR count). The van der Waals surface area contributed by atoms with E-state index in [0.29, 0.717) is 5.82 Å². The van der Waals surface area contributed by atoms with Gasteiger partial charge < -0.3 is 5.11 Å². The van der Waals surface area contributed by atoms with E-state index in [9.17, 15) is 5.11 Å². The zero-order valence-electron chi connectivity index (χ0n) is 9.41. The van der Waals surface area contributed by atoms with Crippen molar-refractivity contribution in [1.29, 1.82) is 0 Å². The summed E-state index contributed by atoms with van der Waals surface area (Å²) in [7, 11) is 0. The second-order valence-corrected chi connectivity index (χ2v) is 3.80. The van der Waals surface area contributed by atoms with Crippen LogP contribution in [0.3, 0.4) is 0 Å². The van der Waals surface area contributed by atoms with Gasteiger partial charge in [-0.2, -0.15) is 5.10 Å². The second kappa shape index (κ2) is 4.29. The molecule has 88 valence electrons. The molecule has 0 saturated heterocycles. The highest BCUT2D eigenvalue weighted by Crippen LogP contribution is 2.20. The summed E-state index contributed by atoms with van der Waals surface area (Å²) in [5, 5.41) is 17.0. The number of aliphatic imine (C=N–C) groups is 1. The van der Waals surface area contributed by atoms with Crippen LogP contribution in [0.5, 0.6) is 5.75 Å². The molecule has 0 radical (unpaired) electrons. The molecule has 5 nitrogen and oxygen atoms in total. The Balaban J connectivity index is 1.94. The normalized spacial score (nSPS) is 11.3. The lowest BCUT2D eigenvalue weighted by Crippen LogP contribution is -1.79. The monoisotopic (exact) mass is 238 g/mol. The van der Waals surface area contributed by atoms with Crippen LogP contribution in [0.1, 0.15) is 5.56 Å². The summed E-state index contributed by atoms with van der Waals surface area (Å²) < 4.78 is 0. The number of H-pyrrole nitrogens is 1. The van der Waals surface area contributed by atoms with Crippen molar-refractivity contribution in [3.63, 3.8) is 0 Å². The minimum absolute atomic E-state index is 0.238. The van der Waals surface area contributed by atoms with Crippen LogP contribution < -0.4 is 0 Å². The fourth-order valence-electron chi connectivity index (χ4n) is 1.64. The van der Waals surface area contributed by atoms with Crippen LogP contribution in [0.4, 0.5) is 5.82 Å². The Morgan fingerprint density at radius 2 is 2.00 bits per heavy atom. The Hall–Kier alpha value is -2.69. The number of aromatic hydroxyl groups is 1. The Morgan fingerprint density at radius 1 is 1.17 bits per heavy atom. The number of rotatable bonds is 2. The molecule has 0 spiro atoms. The summed E-state index contributed by atoms with van der Waals surface area (Å²) in [5.74, 6) is 0.841.